The first-order valence-electron chi connectivity index (χ1n) is 7.06. The minimum atomic E-state index is -5.00. The monoisotopic (exact) mass is 344 g/mol. The van der Waals surface area contributed by atoms with Crippen LogP contribution in [0.15, 0.2) is 0 Å². The van der Waals surface area contributed by atoms with E-state index in [0.29, 0.717) is 0 Å². The Morgan fingerprint density at radius 3 is 2.17 bits per heavy atom. The van der Waals surface area contributed by atoms with Crippen LogP contribution in [0.2, 0.25) is 0 Å². The van der Waals surface area contributed by atoms with Crippen LogP contribution in [0.3, 0.4) is 0 Å². The van der Waals surface area contributed by atoms with E-state index >= 15 is 0 Å². The van der Waals surface area contributed by atoms with Crippen molar-refractivity contribution in [3.8, 4) is 0 Å². The maximum atomic E-state index is 13.6. The third-order valence-electron chi connectivity index (χ3n) is 5.16. The number of nitrogens with zero attached hydrogens (tertiary/aromatic N) is 2. The number of rotatable bonds is 1. The highest BCUT2D eigenvalue weighted by Gasteiger charge is 2.72. The van der Waals surface area contributed by atoms with Crippen molar-refractivity contribution in [1.29, 1.82) is 0 Å². The van der Waals surface area contributed by atoms with Crippen molar-refractivity contribution in [3.05, 3.63) is 17.0 Å². The molecule has 128 valence electrons. The van der Waals surface area contributed by atoms with Crippen molar-refractivity contribution >= 4 is 0 Å². The molecular weight excluding hydrogens is 333 g/mol. The van der Waals surface area contributed by atoms with E-state index in [0.717, 1.165) is 4.68 Å². The number of aliphatic hydroxyl groups is 1. The third kappa shape index (κ3) is 1.90. The van der Waals surface area contributed by atoms with Crippen molar-refractivity contribution in [2.24, 2.45) is 11.8 Å². The molecule has 1 aromatic rings. The van der Waals surface area contributed by atoms with Gasteiger partial charge in [0.25, 0.3) is 11.8 Å². The molecule has 0 amide bonds. The van der Waals surface area contributed by atoms with Crippen molar-refractivity contribution in [1.82, 2.24) is 9.78 Å². The maximum absolute atomic E-state index is 13.6. The molecule has 0 bridgehead atoms. The van der Waals surface area contributed by atoms with E-state index in [1.807, 2.05) is 0 Å². The molecule has 0 aliphatic heterocycles. The Morgan fingerprint density at radius 1 is 1.09 bits per heavy atom. The average Bonchev–Trinajstić information content (AvgIpc) is 2.85. The van der Waals surface area contributed by atoms with Gasteiger partial charge in [0.15, 0.2) is 5.69 Å². The summed E-state index contributed by atoms with van der Waals surface area (Å²) in [5.74, 6) is -8.38. The number of aromatic nitrogens is 2. The zero-order chi connectivity index (χ0) is 16.9. The van der Waals surface area contributed by atoms with Crippen LogP contribution >= 0.6 is 0 Å². The summed E-state index contributed by atoms with van der Waals surface area (Å²) < 4.78 is 93.6. The van der Waals surface area contributed by atoms with Gasteiger partial charge < -0.3 is 5.11 Å². The SMILES string of the molecule is O[C@H]1c2c(C(F)(F)F)nn(C3CC4C(C3)C4(F)F)c2CC1(F)F. The second-order valence-electron chi connectivity index (χ2n) is 6.50. The molecule has 3 atom stereocenters. The van der Waals surface area contributed by atoms with Gasteiger partial charge in [-0.3, -0.25) is 4.68 Å². The summed E-state index contributed by atoms with van der Waals surface area (Å²) in [6.45, 7) is 0. The molecule has 2 unspecified atom stereocenters. The van der Waals surface area contributed by atoms with Crippen LogP contribution in [-0.2, 0) is 12.6 Å². The quantitative estimate of drug-likeness (QED) is 0.794. The van der Waals surface area contributed by atoms with Gasteiger partial charge in [-0.15, -0.1) is 0 Å². The number of aliphatic hydroxyl groups excluding tert-OH is 1. The largest absolute Gasteiger partial charge is 0.435 e. The van der Waals surface area contributed by atoms with E-state index in [4.69, 9.17) is 0 Å². The minimum Gasteiger partial charge on any atom is -0.382 e. The summed E-state index contributed by atoms with van der Waals surface area (Å²) in [7, 11) is 0. The summed E-state index contributed by atoms with van der Waals surface area (Å²) >= 11 is 0. The topological polar surface area (TPSA) is 38.1 Å². The molecule has 3 aliphatic rings. The second-order valence-corrected chi connectivity index (χ2v) is 6.50. The summed E-state index contributed by atoms with van der Waals surface area (Å²) in [4.78, 5) is 0. The Hall–Kier alpha value is -1.32. The Kier molecular flexibility index (Phi) is 2.66. The van der Waals surface area contributed by atoms with Gasteiger partial charge in [0.05, 0.1) is 18.2 Å². The number of fused-ring (bicyclic) bond motifs is 2. The molecular formula is C13H11F7N2O. The lowest BCUT2D eigenvalue weighted by molar-refractivity contribution is -0.146. The molecule has 0 saturated heterocycles. The van der Waals surface area contributed by atoms with E-state index in [9.17, 15) is 35.8 Å². The van der Waals surface area contributed by atoms with Gasteiger partial charge >= 0.3 is 6.18 Å². The predicted molar refractivity (Wildman–Crippen MR) is 61.0 cm³/mol. The molecule has 23 heavy (non-hydrogen) atoms. The lowest BCUT2D eigenvalue weighted by Gasteiger charge is -2.19. The van der Waals surface area contributed by atoms with E-state index in [1.165, 1.54) is 0 Å². The van der Waals surface area contributed by atoms with Crippen LogP contribution in [-0.4, -0.2) is 26.7 Å². The fraction of sp³-hybridized carbons (Fsp3) is 0.769. The molecule has 4 rings (SSSR count). The Balaban J connectivity index is 1.75. The van der Waals surface area contributed by atoms with Gasteiger partial charge in [-0.2, -0.15) is 18.3 Å². The molecule has 2 saturated carbocycles. The zero-order valence-corrected chi connectivity index (χ0v) is 11.4. The zero-order valence-electron chi connectivity index (χ0n) is 11.4. The Morgan fingerprint density at radius 2 is 1.65 bits per heavy atom. The number of hydrogen-bond donors (Lipinski definition) is 1. The first kappa shape index (κ1) is 15.2. The van der Waals surface area contributed by atoms with Gasteiger partial charge in [0.1, 0.15) is 6.10 Å². The van der Waals surface area contributed by atoms with Gasteiger partial charge in [0, 0.05) is 17.4 Å². The van der Waals surface area contributed by atoms with Gasteiger partial charge in [-0.05, 0) is 12.8 Å². The molecule has 3 nitrogen and oxygen atoms in total. The molecule has 1 heterocycles. The van der Waals surface area contributed by atoms with Crippen molar-refractivity contribution < 1.29 is 35.8 Å². The predicted octanol–water partition coefficient (Wildman–Crippen LogP) is 3.34. The highest BCUT2D eigenvalue weighted by molar-refractivity contribution is 5.38. The molecule has 2 fully saturated rings. The number of hydrogen-bond acceptors (Lipinski definition) is 2. The maximum Gasteiger partial charge on any atom is 0.435 e. The first-order valence-corrected chi connectivity index (χ1v) is 7.06. The minimum absolute atomic E-state index is 0.0925. The Bertz CT molecular complexity index is 667. The van der Waals surface area contributed by atoms with Crippen LogP contribution in [0.1, 0.15) is 41.9 Å². The van der Waals surface area contributed by atoms with Gasteiger partial charge in [-0.1, -0.05) is 0 Å². The van der Waals surface area contributed by atoms with Gasteiger partial charge in [-0.25, -0.2) is 17.6 Å². The summed E-state index contributed by atoms with van der Waals surface area (Å²) in [6.07, 6.45) is -8.84. The fourth-order valence-electron chi connectivity index (χ4n) is 3.97. The van der Waals surface area contributed by atoms with Crippen molar-refractivity contribution in [2.75, 3.05) is 0 Å². The first-order chi connectivity index (χ1) is 10.4. The van der Waals surface area contributed by atoms with E-state index in [-0.39, 0.29) is 12.8 Å². The summed E-state index contributed by atoms with van der Waals surface area (Å²) in [5, 5.41) is 12.9. The molecule has 1 aromatic heterocycles. The van der Waals surface area contributed by atoms with E-state index in [2.05, 4.69) is 5.10 Å². The van der Waals surface area contributed by atoms with Gasteiger partial charge in [0.2, 0.25) is 0 Å². The Labute approximate surface area is 125 Å². The van der Waals surface area contributed by atoms with E-state index in [1.54, 1.807) is 0 Å². The highest BCUT2D eigenvalue weighted by Crippen LogP contribution is 2.67. The van der Waals surface area contributed by atoms with Crippen LogP contribution in [0.4, 0.5) is 30.7 Å². The van der Waals surface area contributed by atoms with Crippen LogP contribution in [0, 0.1) is 11.8 Å². The lowest BCUT2D eigenvalue weighted by Crippen LogP contribution is -2.25. The van der Waals surface area contributed by atoms with Crippen LogP contribution in [0.5, 0.6) is 0 Å². The fourth-order valence-corrected chi connectivity index (χ4v) is 3.97. The summed E-state index contributed by atoms with van der Waals surface area (Å²) in [6, 6.07) is -0.768. The third-order valence-corrected chi connectivity index (χ3v) is 5.16. The number of halogens is 7. The normalized spacial score (nSPS) is 36.9. The molecule has 10 heteroatoms. The smallest absolute Gasteiger partial charge is 0.382 e. The molecule has 3 aliphatic carbocycles. The second kappa shape index (κ2) is 4.01. The number of alkyl halides is 7. The standard InChI is InChI=1S/C13H11F7N2O/c14-11(15)3-7-8(10(11)23)9(13(18,19)20)21-22(7)4-1-5-6(2-4)12(5,16)17/h4-6,10,23H,1-3H2/t4?,5?,6?,10-/m0/s1. The van der Waals surface area contributed by atoms with Crippen LogP contribution in [0.25, 0.3) is 0 Å². The summed E-state index contributed by atoms with van der Waals surface area (Å²) in [5.41, 5.74) is -2.87. The molecule has 1 N–H and O–H groups in total. The highest BCUT2D eigenvalue weighted by atomic mass is 19.4. The van der Waals surface area contributed by atoms with Crippen LogP contribution < -0.4 is 0 Å². The van der Waals surface area contributed by atoms with E-state index < -0.39 is 65.4 Å². The van der Waals surface area contributed by atoms with Crippen molar-refractivity contribution in [2.45, 2.75) is 49.4 Å². The molecule has 0 aromatic carbocycles. The average molecular weight is 344 g/mol. The van der Waals surface area contributed by atoms with Crippen molar-refractivity contribution in [3.63, 3.8) is 0 Å². The molecule has 0 radical (unpaired) electrons. The molecule has 0 spiro atoms. The lowest BCUT2D eigenvalue weighted by atomic mass is 10.1.